The monoisotopic (exact) mass is 379 g/mol. The highest BCUT2D eigenvalue weighted by atomic mass is 32.2. The minimum Gasteiger partial charge on any atom is -0.493 e. The molecule has 2 rings (SSSR count). The molecule has 0 bridgehead atoms. The van der Waals surface area contributed by atoms with Crippen molar-refractivity contribution >= 4 is 21.7 Å². The van der Waals surface area contributed by atoms with Gasteiger partial charge in [0, 0.05) is 5.69 Å². The number of hydrogen-bond donors (Lipinski definition) is 3. The van der Waals surface area contributed by atoms with Crippen molar-refractivity contribution in [1.82, 2.24) is 5.32 Å². The molecular formula is C17H21N3O5S. The van der Waals surface area contributed by atoms with Crippen LogP contribution >= 0.6 is 0 Å². The number of nitrogens with two attached hydrogens (primary N) is 1. The Bertz CT molecular complexity index is 899. The second kappa shape index (κ2) is 8.07. The summed E-state index contributed by atoms with van der Waals surface area (Å²) in [4.78, 5) is 12.1. The average Bonchev–Trinajstić information content (AvgIpc) is 2.60. The molecule has 0 fully saturated rings. The molecule has 0 aliphatic carbocycles. The number of benzene rings is 2. The van der Waals surface area contributed by atoms with Gasteiger partial charge in [0.25, 0.3) is 0 Å². The number of anilines is 1. The fourth-order valence-corrected chi connectivity index (χ4v) is 2.88. The van der Waals surface area contributed by atoms with E-state index in [2.05, 4.69) is 10.6 Å². The van der Waals surface area contributed by atoms with E-state index in [0.29, 0.717) is 17.2 Å². The maximum atomic E-state index is 12.2. The third-order valence-electron chi connectivity index (χ3n) is 3.68. The summed E-state index contributed by atoms with van der Waals surface area (Å²) in [5.74, 6) is 1.15. The van der Waals surface area contributed by atoms with Gasteiger partial charge in [-0.3, -0.25) is 0 Å². The van der Waals surface area contributed by atoms with Gasteiger partial charge in [0.1, 0.15) is 0 Å². The van der Waals surface area contributed by atoms with E-state index >= 15 is 0 Å². The van der Waals surface area contributed by atoms with Crippen molar-refractivity contribution in [3.63, 3.8) is 0 Å². The highest BCUT2D eigenvalue weighted by Crippen LogP contribution is 2.29. The molecule has 0 saturated carbocycles. The summed E-state index contributed by atoms with van der Waals surface area (Å²) >= 11 is 0. The summed E-state index contributed by atoms with van der Waals surface area (Å²) in [6.45, 7) is 1.81. The lowest BCUT2D eigenvalue weighted by Crippen LogP contribution is -2.31. The van der Waals surface area contributed by atoms with Crippen molar-refractivity contribution in [1.29, 1.82) is 0 Å². The van der Waals surface area contributed by atoms with Gasteiger partial charge in [0.15, 0.2) is 11.5 Å². The normalized spacial score (nSPS) is 12.2. The van der Waals surface area contributed by atoms with Crippen LogP contribution in [0.25, 0.3) is 0 Å². The summed E-state index contributed by atoms with van der Waals surface area (Å²) in [6, 6.07) is 10.2. The lowest BCUT2D eigenvalue weighted by molar-refractivity contribution is 0.249. The fourth-order valence-electron chi connectivity index (χ4n) is 2.32. The maximum Gasteiger partial charge on any atom is 0.319 e. The van der Waals surface area contributed by atoms with Gasteiger partial charge in [-0.25, -0.2) is 18.4 Å². The number of methoxy groups -OCH3 is 2. The van der Waals surface area contributed by atoms with Crippen LogP contribution in [0.2, 0.25) is 0 Å². The first-order valence-electron chi connectivity index (χ1n) is 7.67. The molecule has 4 N–H and O–H groups in total. The van der Waals surface area contributed by atoms with Gasteiger partial charge < -0.3 is 20.1 Å². The third kappa shape index (κ3) is 4.87. The van der Waals surface area contributed by atoms with Crippen molar-refractivity contribution in [2.24, 2.45) is 5.14 Å². The van der Waals surface area contributed by atoms with Gasteiger partial charge in [0.2, 0.25) is 10.0 Å². The van der Waals surface area contributed by atoms with Crippen LogP contribution in [0.1, 0.15) is 18.5 Å². The summed E-state index contributed by atoms with van der Waals surface area (Å²) in [7, 11) is -0.762. The Morgan fingerprint density at radius 3 is 2.38 bits per heavy atom. The molecule has 26 heavy (non-hydrogen) atoms. The predicted molar refractivity (Wildman–Crippen MR) is 97.9 cm³/mol. The van der Waals surface area contributed by atoms with Crippen molar-refractivity contribution in [2.75, 3.05) is 19.5 Å². The molecule has 140 valence electrons. The number of amides is 2. The Morgan fingerprint density at radius 2 is 1.77 bits per heavy atom. The number of ether oxygens (including phenoxy) is 2. The van der Waals surface area contributed by atoms with E-state index in [-0.39, 0.29) is 10.9 Å². The Hall–Kier alpha value is -2.78. The van der Waals surface area contributed by atoms with E-state index < -0.39 is 16.1 Å². The van der Waals surface area contributed by atoms with E-state index in [4.69, 9.17) is 14.6 Å². The van der Waals surface area contributed by atoms with Crippen molar-refractivity contribution < 1.29 is 22.7 Å². The molecule has 0 aromatic heterocycles. The van der Waals surface area contributed by atoms with Gasteiger partial charge in [-0.2, -0.15) is 0 Å². The average molecular weight is 379 g/mol. The number of rotatable bonds is 6. The smallest absolute Gasteiger partial charge is 0.319 e. The van der Waals surface area contributed by atoms with Gasteiger partial charge in [-0.1, -0.05) is 12.1 Å². The van der Waals surface area contributed by atoms with Gasteiger partial charge >= 0.3 is 6.03 Å². The number of urea groups is 1. The van der Waals surface area contributed by atoms with Gasteiger partial charge in [0.05, 0.1) is 25.2 Å². The quantitative estimate of drug-likeness (QED) is 0.711. The molecule has 0 spiro atoms. The Balaban J connectivity index is 2.08. The molecule has 0 unspecified atom stereocenters. The zero-order chi connectivity index (χ0) is 19.3. The summed E-state index contributed by atoms with van der Waals surface area (Å²) < 4.78 is 33.2. The molecule has 1 atom stereocenters. The van der Waals surface area contributed by atoms with Crippen molar-refractivity contribution in [3.8, 4) is 11.5 Å². The SMILES string of the molecule is COc1ccc([C@@H](C)NC(=O)Nc2cccc(S(N)(=O)=O)c2)cc1OC. The number of carbonyl (C=O) groups excluding carboxylic acids is 1. The first-order chi connectivity index (χ1) is 12.2. The molecule has 0 radical (unpaired) electrons. The molecule has 9 heteroatoms. The van der Waals surface area contributed by atoms with Crippen molar-refractivity contribution in [2.45, 2.75) is 17.9 Å². The van der Waals surface area contributed by atoms with Crippen molar-refractivity contribution in [3.05, 3.63) is 48.0 Å². The molecule has 0 saturated heterocycles. The van der Waals surface area contributed by atoms with Crippen LogP contribution in [0.4, 0.5) is 10.5 Å². The standard InChI is InChI=1S/C17H21N3O5S/c1-11(12-7-8-15(24-2)16(9-12)25-3)19-17(21)20-13-5-4-6-14(10-13)26(18,22)23/h4-11H,1-3H3,(H2,18,22,23)(H2,19,20,21)/t11-/m1/s1. The number of primary sulfonamides is 1. The van der Waals surface area contributed by atoms with Crippen LogP contribution in [-0.4, -0.2) is 28.7 Å². The minimum atomic E-state index is -3.84. The van der Waals surface area contributed by atoms with Gasteiger partial charge in [-0.15, -0.1) is 0 Å². The lowest BCUT2D eigenvalue weighted by atomic mass is 10.1. The van der Waals surface area contributed by atoms with E-state index in [1.54, 1.807) is 25.3 Å². The summed E-state index contributed by atoms with van der Waals surface area (Å²) in [5, 5.41) is 10.4. The topological polar surface area (TPSA) is 120 Å². The molecule has 2 amide bonds. The summed E-state index contributed by atoms with van der Waals surface area (Å²) in [5.41, 5.74) is 1.13. The van der Waals surface area contributed by atoms with Crippen LogP contribution in [0.5, 0.6) is 11.5 Å². The molecular weight excluding hydrogens is 358 g/mol. The Morgan fingerprint density at radius 1 is 1.08 bits per heavy atom. The number of sulfonamides is 1. The lowest BCUT2D eigenvalue weighted by Gasteiger charge is -2.17. The van der Waals surface area contributed by atoms with Crippen LogP contribution in [0.3, 0.4) is 0 Å². The largest absolute Gasteiger partial charge is 0.493 e. The van der Waals surface area contributed by atoms with Crippen LogP contribution in [0.15, 0.2) is 47.4 Å². The molecule has 8 nitrogen and oxygen atoms in total. The molecule has 2 aromatic rings. The number of nitrogens with one attached hydrogen (secondary N) is 2. The molecule has 0 heterocycles. The van der Waals surface area contributed by atoms with E-state index in [1.165, 1.54) is 25.3 Å². The maximum absolute atomic E-state index is 12.2. The Labute approximate surface area is 152 Å². The Kier molecular flexibility index (Phi) is 6.06. The second-order valence-corrected chi connectivity index (χ2v) is 7.07. The molecule has 2 aromatic carbocycles. The van der Waals surface area contributed by atoms with Crippen LogP contribution < -0.4 is 25.2 Å². The van der Waals surface area contributed by atoms with E-state index in [9.17, 15) is 13.2 Å². The van der Waals surface area contributed by atoms with E-state index in [1.807, 2.05) is 13.0 Å². The van der Waals surface area contributed by atoms with Crippen LogP contribution in [0, 0.1) is 0 Å². The number of hydrogen-bond acceptors (Lipinski definition) is 5. The predicted octanol–water partition coefficient (Wildman–Crippen LogP) is 2.23. The highest BCUT2D eigenvalue weighted by Gasteiger charge is 2.14. The molecule has 0 aliphatic heterocycles. The van der Waals surface area contributed by atoms with E-state index in [0.717, 1.165) is 5.56 Å². The first-order valence-corrected chi connectivity index (χ1v) is 9.21. The second-order valence-electron chi connectivity index (χ2n) is 5.51. The fraction of sp³-hybridized carbons (Fsp3) is 0.235. The minimum absolute atomic E-state index is 0.0803. The zero-order valence-electron chi connectivity index (χ0n) is 14.6. The highest BCUT2D eigenvalue weighted by molar-refractivity contribution is 7.89. The van der Waals surface area contributed by atoms with Crippen LogP contribution in [-0.2, 0) is 10.0 Å². The zero-order valence-corrected chi connectivity index (χ0v) is 15.5. The third-order valence-corrected chi connectivity index (χ3v) is 4.59. The number of carbonyl (C=O) groups is 1. The van der Waals surface area contributed by atoms with Gasteiger partial charge in [-0.05, 0) is 42.8 Å². The first kappa shape index (κ1) is 19.5. The summed E-state index contributed by atoms with van der Waals surface area (Å²) in [6.07, 6.45) is 0. The molecule has 0 aliphatic rings.